The van der Waals surface area contributed by atoms with E-state index >= 15 is 0 Å². The molecular weight excluding hydrogens is 332 g/mol. The summed E-state index contributed by atoms with van der Waals surface area (Å²) in [5, 5.41) is 5.09. The highest BCUT2D eigenvalue weighted by Crippen LogP contribution is 2.45. The molecule has 0 amide bonds. The smallest absolute Gasteiger partial charge is 0.188 e. The molecule has 0 aliphatic carbocycles. The van der Waals surface area contributed by atoms with Crippen molar-refractivity contribution in [3.05, 3.63) is 57.9 Å². The molecule has 110 valence electrons. The third kappa shape index (κ3) is 2.62. The van der Waals surface area contributed by atoms with E-state index in [1.165, 1.54) is 15.3 Å². The van der Waals surface area contributed by atoms with Gasteiger partial charge in [-0.05, 0) is 37.3 Å². The lowest BCUT2D eigenvalue weighted by atomic mass is 10.1. The first-order chi connectivity index (χ1) is 10.7. The van der Waals surface area contributed by atoms with Crippen LogP contribution in [0.2, 0.25) is 5.02 Å². The van der Waals surface area contributed by atoms with Crippen molar-refractivity contribution >= 4 is 45.5 Å². The number of thioether (sulfide) groups is 1. The van der Waals surface area contributed by atoms with Gasteiger partial charge in [-0.3, -0.25) is 0 Å². The van der Waals surface area contributed by atoms with E-state index in [4.69, 9.17) is 16.6 Å². The third-order valence-corrected chi connectivity index (χ3v) is 6.04. The number of hydrogen-bond donors (Lipinski definition) is 1. The van der Waals surface area contributed by atoms with Gasteiger partial charge >= 0.3 is 0 Å². The van der Waals surface area contributed by atoms with Crippen LogP contribution in [0.3, 0.4) is 0 Å². The summed E-state index contributed by atoms with van der Waals surface area (Å²) in [5.74, 6) is 0.969. The molecule has 5 heteroatoms. The Morgan fingerprint density at radius 1 is 1.14 bits per heavy atom. The minimum absolute atomic E-state index is 0.758. The number of fused-ring (bicyclic) bond motifs is 3. The van der Waals surface area contributed by atoms with Crippen LogP contribution in [-0.2, 0) is 5.75 Å². The van der Waals surface area contributed by atoms with E-state index in [0.29, 0.717) is 0 Å². The van der Waals surface area contributed by atoms with Crippen molar-refractivity contribution < 1.29 is 0 Å². The standard InChI is InChI=1S/C17H13ClN2S2/c1-10-2-5-12(6-3-10)19-17-20-16-13-8-11(18)4-7-14(13)21-9-15(16)22-17/h2-8H,9H2,1H3,(H,19,20). The molecule has 4 rings (SSSR count). The van der Waals surface area contributed by atoms with Crippen molar-refractivity contribution in [1.82, 2.24) is 4.98 Å². The predicted octanol–water partition coefficient (Wildman–Crippen LogP) is 6.12. The second-order valence-corrected chi connectivity index (χ2v) is 7.75. The molecule has 2 heterocycles. The zero-order valence-electron chi connectivity index (χ0n) is 11.9. The van der Waals surface area contributed by atoms with E-state index in [9.17, 15) is 0 Å². The Bertz CT molecular complexity index is 840. The summed E-state index contributed by atoms with van der Waals surface area (Å²) < 4.78 is 0. The molecule has 3 aromatic rings. The van der Waals surface area contributed by atoms with Gasteiger partial charge in [0.05, 0.1) is 5.69 Å². The molecule has 2 aromatic carbocycles. The van der Waals surface area contributed by atoms with Crippen LogP contribution in [0.1, 0.15) is 10.4 Å². The minimum atomic E-state index is 0.758. The van der Waals surface area contributed by atoms with Gasteiger partial charge in [-0.25, -0.2) is 4.98 Å². The van der Waals surface area contributed by atoms with E-state index in [0.717, 1.165) is 32.9 Å². The van der Waals surface area contributed by atoms with Crippen LogP contribution in [0.15, 0.2) is 47.4 Å². The highest BCUT2D eigenvalue weighted by atomic mass is 35.5. The van der Waals surface area contributed by atoms with Crippen molar-refractivity contribution in [2.45, 2.75) is 17.6 Å². The molecule has 1 N–H and O–H groups in total. The maximum Gasteiger partial charge on any atom is 0.188 e. The maximum atomic E-state index is 6.15. The van der Waals surface area contributed by atoms with Crippen LogP contribution in [-0.4, -0.2) is 4.98 Å². The highest BCUT2D eigenvalue weighted by Gasteiger charge is 2.21. The van der Waals surface area contributed by atoms with Crippen molar-refractivity contribution in [3.63, 3.8) is 0 Å². The van der Waals surface area contributed by atoms with Gasteiger partial charge in [0.15, 0.2) is 5.13 Å². The molecule has 0 fully saturated rings. The van der Waals surface area contributed by atoms with Crippen molar-refractivity contribution in [2.24, 2.45) is 0 Å². The molecule has 1 aliphatic heterocycles. The summed E-state index contributed by atoms with van der Waals surface area (Å²) in [6.45, 7) is 2.09. The lowest BCUT2D eigenvalue weighted by Gasteiger charge is -2.14. The molecule has 0 bridgehead atoms. The number of thiazole rings is 1. The summed E-state index contributed by atoms with van der Waals surface area (Å²) >= 11 is 9.71. The number of anilines is 2. The second-order valence-electron chi connectivity index (χ2n) is 5.21. The zero-order chi connectivity index (χ0) is 15.1. The zero-order valence-corrected chi connectivity index (χ0v) is 14.3. The average Bonchev–Trinajstić information content (AvgIpc) is 2.92. The Labute approximate surface area is 142 Å². The van der Waals surface area contributed by atoms with Crippen LogP contribution in [0.4, 0.5) is 10.8 Å². The van der Waals surface area contributed by atoms with Crippen LogP contribution in [0, 0.1) is 6.92 Å². The Kier molecular flexibility index (Phi) is 3.60. The van der Waals surface area contributed by atoms with Gasteiger partial charge in [0.25, 0.3) is 0 Å². The predicted molar refractivity (Wildman–Crippen MR) is 96.6 cm³/mol. The monoisotopic (exact) mass is 344 g/mol. The molecule has 0 saturated heterocycles. The fraction of sp³-hybridized carbons (Fsp3) is 0.118. The van der Waals surface area contributed by atoms with Crippen LogP contribution >= 0.6 is 34.7 Å². The van der Waals surface area contributed by atoms with Gasteiger partial charge < -0.3 is 5.32 Å². The van der Waals surface area contributed by atoms with Gasteiger partial charge in [-0.1, -0.05) is 29.3 Å². The average molecular weight is 345 g/mol. The highest BCUT2D eigenvalue weighted by molar-refractivity contribution is 7.98. The first-order valence-corrected chi connectivity index (χ1v) is 9.13. The number of halogens is 1. The SMILES string of the molecule is Cc1ccc(Nc2nc3c(s2)CSc2ccc(Cl)cc2-3)cc1. The molecular formula is C17H13ClN2S2. The molecule has 1 aromatic heterocycles. The molecule has 0 radical (unpaired) electrons. The van der Waals surface area contributed by atoms with Crippen molar-refractivity contribution in [3.8, 4) is 11.3 Å². The molecule has 1 aliphatic rings. The van der Waals surface area contributed by atoms with E-state index in [-0.39, 0.29) is 0 Å². The first-order valence-electron chi connectivity index (χ1n) is 6.95. The van der Waals surface area contributed by atoms with Gasteiger partial charge in [0.1, 0.15) is 0 Å². The van der Waals surface area contributed by atoms with Crippen LogP contribution < -0.4 is 5.32 Å². The van der Waals surface area contributed by atoms with Crippen LogP contribution in [0.5, 0.6) is 0 Å². The van der Waals surface area contributed by atoms with Gasteiger partial charge in [-0.2, -0.15) is 0 Å². The maximum absolute atomic E-state index is 6.15. The number of hydrogen-bond acceptors (Lipinski definition) is 4. The Balaban J connectivity index is 1.70. The lowest BCUT2D eigenvalue weighted by Crippen LogP contribution is -1.93. The Hall–Kier alpha value is -1.49. The summed E-state index contributed by atoms with van der Waals surface area (Å²) in [5.41, 5.74) is 4.53. The van der Waals surface area contributed by atoms with E-state index in [1.54, 1.807) is 11.3 Å². The van der Waals surface area contributed by atoms with Crippen molar-refractivity contribution in [1.29, 1.82) is 0 Å². The summed E-state index contributed by atoms with van der Waals surface area (Å²) in [7, 11) is 0. The first kappa shape index (κ1) is 14.1. The van der Waals surface area contributed by atoms with E-state index in [1.807, 2.05) is 23.9 Å². The van der Waals surface area contributed by atoms with Gasteiger partial charge in [0, 0.05) is 31.8 Å². The number of nitrogens with zero attached hydrogens (tertiary/aromatic N) is 1. The number of aromatic nitrogens is 1. The van der Waals surface area contributed by atoms with Gasteiger partial charge in [0.2, 0.25) is 0 Å². The topological polar surface area (TPSA) is 24.9 Å². The van der Waals surface area contributed by atoms with E-state index in [2.05, 4.69) is 42.6 Å². The summed E-state index contributed by atoms with van der Waals surface area (Å²) in [6.07, 6.45) is 0. The molecule has 2 nitrogen and oxygen atoms in total. The normalized spacial score (nSPS) is 12.6. The summed E-state index contributed by atoms with van der Waals surface area (Å²) in [4.78, 5) is 7.34. The van der Waals surface area contributed by atoms with E-state index < -0.39 is 0 Å². The quantitative estimate of drug-likeness (QED) is 0.606. The lowest BCUT2D eigenvalue weighted by molar-refractivity contribution is 1.28. The fourth-order valence-electron chi connectivity index (χ4n) is 2.43. The van der Waals surface area contributed by atoms with Crippen molar-refractivity contribution in [2.75, 3.05) is 5.32 Å². The molecule has 0 saturated carbocycles. The van der Waals surface area contributed by atoms with Crippen LogP contribution in [0.25, 0.3) is 11.3 Å². The number of benzene rings is 2. The summed E-state index contributed by atoms with van der Waals surface area (Å²) in [6, 6.07) is 14.4. The largest absolute Gasteiger partial charge is 0.332 e. The number of aryl methyl sites for hydroxylation is 1. The second kappa shape index (κ2) is 5.61. The third-order valence-electron chi connectivity index (χ3n) is 3.56. The number of rotatable bonds is 2. The number of nitrogens with one attached hydrogen (secondary N) is 1. The molecule has 0 atom stereocenters. The Morgan fingerprint density at radius 3 is 2.77 bits per heavy atom. The Morgan fingerprint density at radius 2 is 1.95 bits per heavy atom. The molecule has 0 spiro atoms. The van der Waals surface area contributed by atoms with Gasteiger partial charge in [-0.15, -0.1) is 23.1 Å². The minimum Gasteiger partial charge on any atom is -0.332 e. The fourth-order valence-corrected chi connectivity index (χ4v) is 4.71. The molecule has 0 unspecified atom stereocenters. The molecule has 22 heavy (non-hydrogen) atoms.